The molecule has 0 aliphatic heterocycles. The van der Waals surface area contributed by atoms with Crippen LogP contribution >= 0.6 is 46.4 Å². The summed E-state index contributed by atoms with van der Waals surface area (Å²) >= 11 is 23.5. The van der Waals surface area contributed by atoms with E-state index in [9.17, 15) is 15.0 Å². The van der Waals surface area contributed by atoms with Gasteiger partial charge in [-0.2, -0.15) is 0 Å². The molecule has 1 aromatic heterocycles. The molecule has 21 heavy (non-hydrogen) atoms. The quantitative estimate of drug-likeness (QED) is 0.551. The SMILES string of the molecule is O=c1c2cc(Cl)c(O)c(Cl)c2oc2c(Cl)c(O)c(Cl)cc12. The van der Waals surface area contributed by atoms with Crippen LogP contribution in [0.5, 0.6) is 11.5 Å². The molecule has 1 heterocycles. The van der Waals surface area contributed by atoms with Gasteiger partial charge in [-0.15, -0.1) is 0 Å². The van der Waals surface area contributed by atoms with Crippen LogP contribution in [0.25, 0.3) is 21.9 Å². The lowest BCUT2D eigenvalue weighted by atomic mass is 10.1. The summed E-state index contributed by atoms with van der Waals surface area (Å²) in [7, 11) is 0. The number of fused-ring (bicyclic) bond motifs is 2. The van der Waals surface area contributed by atoms with Crippen LogP contribution in [-0.2, 0) is 0 Å². The van der Waals surface area contributed by atoms with E-state index in [0.717, 1.165) is 0 Å². The maximum absolute atomic E-state index is 12.5. The van der Waals surface area contributed by atoms with Gasteiger partial charge >= 0.3 is 0 Å². The number of hydrogen-bond acceptors (Lipinski definition) is 4. The van der Waals surface area contributed by atoms with Crippen molar-refractivity contribution in [2.45, 2.75) is 0 Å². The standard InChI is InChI=1S/C13H4Cl4O4/c14-5-1-3-9(18)4-2-6(15)11(20)8(17)13(4)21-12(3)7(16)10(5)19/h1-2,19-20H. The summed E-state index contributed by atoms with van der Waals surface area (Å²) in [6.07, 6.45) is 0. The molecular weight excluding hydrogens is 362 g/mol. The number of phenols is 2. The second kappa shape index (κ2) is 4.85. The van der Waals surface area contributed by atoms with Crippen molar-refractivity contribution in [3.63, 3.8) is 0 Å². The fraction of sp³-hybridized carbons (Fsp3) is 0. The Balaban J connectivity index is 2.66. The number of hydrogen-bond donors (Lipinski definition) is 2. The van der Waals surface area contributed by atoms with Crippen molar-refractivity contribution in [2.75, 3.05) is 0 Å². The van der Waals surface area contributed by atoms with Crippen molar-refractivity contribution in [1.29, 1.82) is 0 Å². The Hall–Kier alpha value is -1.33. The fourth-order valence-electron chi connectivity index (χ4n) is 1.97. The lowest BCUT2D eigenvalue weighted by Gasteiger charge is -2.08. The molecule has 3 rings (SSSR count). The molecule has 0 saturated carbocycles. The van der Waals surface area contributed by atoms with Gasteiger partial charge in [0.1, 0.15) is 10.0 Å². The maximum Gasteiger partial charge on any atom is 0.200 e. The third-order valence-electron chi connectivity index (χ3n) is 2.99. The minimum Gasteiger partial charge on any atom is -0.505 e. The van der Waals surface area contributed by atoms with E-state index in [1.165, 1.54) is 12.1 Å². The van der Waals surface area contributed by atoms with Crippen LogP contribution < -0.4 is 5.43 Å². The molecular formula is C13H4Cl4O4. The zero-order valence-electron chi connectivity index (χ0n) is 9.88. The molecule has 0 bridgehead atoms. The monoisotopic (exact) mass is 364 g/mol. The Morgan fingerprint density at radius 1 is 0.810 bits per heavy atom. The second-order valence-corrected chi connectivity index (χ2v) is 5.80. The highest BCUT2D eigenvalue weighted by Gasteiger charge is 2.20. The van der Waals surface area contributed by atoms with E-state index in [1.807, 2.05) is 0 Å². The number of benzene rings is 2. The van der Waals surface area contributed by atoms with Crippen molar-refractivity contribution in [1.82, 2.24) is 0 Å². The van der Waals surface area contributed by atoms with Gasteiger partial charge in [0.2, 0.25) is 5.43 Å². The third kappa shape index (κ3) is 2.02. The van der Waals surface area contributed by atoms with Gasteiger partial charge < -0.3 is 14.6 Å². The van der Waals surface area contributed by atoms with E-state index >= 15 is 0 Å². The smallest absolute Gasteiger partial charge is 0.200 e. The predicted octanol–water partition coefficient (Wildman–Crippen LogP) is 4.97. The molecule has 0 radical (unpaired) electrons. The van der Waals surface area contributed by atoms with Gasteiger partial charge in [0.05, 0.1) is 20.8 Å². The summed E-state index contributed by atoms with van der Waals surface area (Å²) in [5.74, 6) is -0.828. The average Bonchev–Trinajstić information content (AvgIpc) is 2.45. The van der Waals surface area contributed by atoms with Crippen molar-refractivity contribution in [3.8, 4) is 11.5 Å². The van der Waals surface area contributed by atoms with Crippen LogP contribution in [0.15, 0.2) is 21.3 Å². The van der Waals surface area contributed by atoms with E-state index in [2.05, 4.69) is 0 Å². The summed E-state index contributed by atoms with van der Waals surface area (Å²) in [4.78, 5) is 12.5. The average molecular weight is 366 g/mol. The minimum absolute atomic E-state index is 0.0631. The predicted molar refractivity (Wildman–Crippen MR) is 83.4 cm³/mol. The molecule has 0 aliphatic carbocycles. The van der Waals surface area contributed by atoms with Crippen molar-refractivity contribution in [2.24, 2.45) is 0 Å². The van der Waals surface area contributed by atoms with Crippen LogP contribution in [0, 0.1) is 0 Å². The van der Waals surface area contributed by atoms with Gasteiger partial charge in [-0.1, -0.05) is 46.4 Å². The summed E-state index contributed by atoms with van der Waals surface area (Å²) < 4.78 is 5.46. The summed E-state index contributed by atoms with van der Waals surface area (Å²) in [5, 5.41) is 18.9. The molecule has 0 aliphatic rings. The molecule has 108 valence electrons. The molecule has 4 nitrogen and oxygen atoms in total. The highest BCUT2D eigenvalue weighted by atomic mass is 35.5. The number of rotatable bonds is 0. The summed E-state index contributed by atoms with van der Waals surface area (Å²) in [6, 6.07) is 2.47. The fourth-order valence-corrected chi connectivity index (χ4v) is 2.95. The normalized spacial score (nSPS) is 11.4. The zero-order valence-corrected chi connectivity index (χ0v) is 12.9. The second-order valence-electron chi connectivity index (χ2n) is 4.23. The first kappa shape index (κ1) is 14.6. The van der Waals surface area contributed by atoms with Crippen molar-refractivity contribution < 1.29 is 14.6 Å². The van der Waals surface area contributed by atoms with Crippen molar-refractivity contribution >= 4 is 68.3 Å². The first-order valence-corrected chi connectivity index (χ1v) is 6.98. The Bertz CT molecular complexity index is 903. The molecule has 0 saturated heterocycles. The number of aromatic hydroxyl groups is 2. The Labute approximate surface area is 137 Å². The third-order valence-corrected chi connectivity index (χ3v) is 4.27. The van der Waals surface area contributed by atoms with Crippen LogP contribution in [-0.4, -0.2) is 10.2 Å². The van der Waals surface area contributed by atoms with Gasteiger partial charge in [-0.3, -0.25) is 4.79 Å². The largest absolute Gasteiger partial charge is 0.505 e. The molecule has 0 spiro atoms. The molecule has 0 atom stereocenters. The van der Waals surface area contributed by atoms with Gasteiger partial charge in [0.25, 0.3) is 0 Å². The molecule has 3 aromatic rings. The van der Waals surface area contributed by atoms with E-state index in [1.54, 1.807) is 0 Å². The number of halogens is 4. The van der Waals surface area contributed by atoms with Crippen LogP contribution in [0.3, 0.4) is 0 Å². The van der Waals surface area contributed by atoms with Crippen molar-refractivity contribution in [3.05, 3.63) is 42.4 Å². The molecule has 0 fully saturated rings. The summed E-state index contributed by atoms with van der Waals surface area (Å²) in [5.41, 5.74) is -0.654. The zero-order chi connectivity index (χ0) is 15.5. The van der Waals surface area contributed by atoms with Gasteiger partial charge in [-0.05, 0) is 12.1 Å². The van der Waals surface area contributed by atoms with E-state index in [-0.39, 0.29) is 42.0 Å². The Morgan fingerprint density at radius 2 is 1.19 bits per heavy atom. The van der Waals surface area contributed by atoms with Crippen LogP contribution in [0.4, 0.5) is 0 Å². The molecule has 2 N–H and O–H groups in total. The molecule has 0 unspecified atom stereocenters. The molecule has 8 heteroatoms. The Morgan fingerprint density at radius 3 is 1.57 bits per heavy atom. The Kier molecular flexibility index (Phi) is 3.37. The molecule has 2 aromatic carbocycles. The van der Waals surface area contributed by atoms with Crippen LogP contribution in [0.1, 0.15) is 0 Å². The molecule has 0 amide bonds. The first-order valence-electron chi connectivity index (χ1n) is 5.47. The van der Waals surface area contributed by atoms with E-state index < -0.39 is 16.9 Å². The minimum atomic E-state index is -0.487. The maximum atomic E-state index is 12.5. The van der Waals surface area contributed by atoms with Gasteiger partial charge in [0.15, 0.2) is 22.7 Å². The van der Waals surface area contributed by atoms with Crippen LogP contribution in [0.2, 0.25) is 20.1 Å². The lowest BCUT2D eigenvalue weighted by molar-refractivity contribution is 0.474. The number of phenolic OH excluding ortho intramolecular Hbond substituents is 2. The summed E-state index contributed by atoms with van der Waals surface area (Å²) in [6.45, 7) is 0. The van der Waals surface area contributed by atoms with Gasteiger partial charge in [0, 0.05) is 0 Å². The van der Waals surface area contributed by atoms with Gasteiger partial charge in [-0.25, -0.2) is 0 Å². The first-order chi connectivity index (χ1) is 9.82. The van der Waals surface area contributed by atoms with E-state index in [4.69, 9.17) is 50.8 Å². The highest BCUT2D eigenvalue weighted by Crippen LogP contribution is 2.42. The van der Waals surface area contributed by atoms with E-state index in [0.29, 0.717) is 0 Å². The highest BCUT2D eigenvalue weighted by molar-refractivity contribution is 6.42. The lowest BCUT2D eigenvalue weighted by Crippen LogP contribution is -2.03. The topological polar surface area (TPSA) is 70.7 Å².